The zero-order chi connectivity index (χ0) is 23.4. The lowest BCUT2D eigenvalue weighted by Crippen LogP contribution is -2.45. The van der Waals surface area contributed by atoms with Crippen LogP contribution in [0, 0.1) is 5.82 Å². The summed E-state index contributed by atoms with van der Waals surface area (Å²) in [6, 6.07) is 19.4. The molecule has 0 aliphatic carbocycles. The summed E-state index contributed by atoms with van der Waals surface area (Å²) < 4.78 is 13.5. The van der Waals surface area contributed by atoms with E-state index in [4.69, 9.17) is 0 Å². The molecule has 0 spiro atoms. The summed E-state index contributed by atoms with van der Waals surface area (Å²) >= 11 is 0. The van der Waals surface area contributed by atoms with Gasteiger partial charge >= 0.3 is 5.97 Å². The Bertz CT molecular complexity index is 1110. The highest BCUT2D eigenvalue weighted by Gasteiger charge is 2.28. The molecule has 172 valence electrons. The highest BCUT2D eigenvalue weighted by Crippen LogP contribution is 2.30. The molecular formula is C26H29FN4O2. The standard InChI is InChI=1S/C26H29FN4O2/c1-16(19-9-6-10-20(11-19)17(2)26(32)33)13-29-24(18-7-4-3-5-8-18)23-15-28-22-12-21(27)14-30-25(22)31-23/h3-12,14,16-17,23-24,28-29H,13,15H2,1-2H3,(H,30,31)(H,32,33)/t16-,17+,23+,24+/m0/s1. The van der Waals surface area contributed by atoms with Crippen LogP contribution < -0.4 is 16.0 Å². The molecule has 4 rings (SSSR count). The fourth-order valence-corrected chi connectivity index (χ4v) is 4.19. The van der Waals surface area contributed by atoms with Gasteiger partial charge in [0.2, 0.25) is 0 Å². The lowest BCUT2D eigenvalue weighted by Gasteiger charge is -2.35. The number of halogens is 1. The molecule has 7 heteroatoms. The third-order valence-electron chi connectivity index (χ3n) is 6.24. The van der Waals surface area contributed by atoms with Crippen LogP contribution in [0.25, 0.3) is 0 Å². The minimum Gasteiger partial charge on any atom is -0.481 e. The number of rotatable bonds is 8. The Morgan fingerprint density at radius 2 is 1.85 bits per heavy atom. The Labute approximate surface area is 193 Å². The maximum Gasteiger partial charge on any atom is 0.310 e. The molecule has 1 aromatic heterocycles. The molecule has 0 radical (unpaired) electrons. The van der Waals surface area contributed by atoms with E-state index in [-0.39, 0.29) is 23.8 Å². The van der Waals surface area contributed by atoms with E-state index in [1.54, 1.807) is 6.92 Å². The van der Waals surface area contributed by atoms with Gasteiger partial charge in [0, 0.05) is 19.2 Å². The molecule has 1 aliphatic heterocycles. The van der Waals surface area contributed by atoms with Gasteiger partial charge in [0.1, 0.15) is 11.6 Å². The molecule has 1 aliphatic rings. The van der Waals surface area contributed by atoms with E-state index in [0.717, 1.165) is 16.7 Å². The molecule has 2 heterocycles. The largest absolute Gasteiger partial charge is 0.481 e. The maximum atomic E-state index is 13.5. The highest BCUT2D eigenvalue weighted by atomic mass is 19.1. The first-order valence-electron chi connectivity index (χ1n) is 11.2. The summed E-state index contributed by atoms with van der Waals surface area (Å²) in [5, 5.41) is 19.8. The summed E-state index contributed by atoms with van der Waals surface area (Å²) in [5.41, 5.74) is 3.70. The Morgan fingerprint density at radius 3 is 2.61 bits per heavy atom. The molecule has 0 amide bonds. The van der Waals surface area contributed by atoms with Crippen LogP contribution in [0.4, 0.5) is 15.9 Å². The van der Waals surface area contributed by atoms with Crippen molar-refractivity contribution in [3.05, 3.63) is 89.4 Å². The number of fused-ring (bicyclic) bond motifs is 1. The molecule has 6 nitrogen and oxygen atoms in total. The smallest absolute Gasteiger partial charge is 0.310 e. The quantitative estimate of drug-likeness (QED) is 0.398. The van der Waals surface area contributed by atoms with E-state index in [1.165, 1.54) is 12.3 Å². The van der Waals surface area contributed by atoms with Crippen LogP contribution in [0.5, 0.6) is 0 Å². The van der Waals surface area contributed by atoms with Crippen molar-refractivity contribution in [2.75, 3.05) is 23.7 Å². The number of carboxylic acids is 1. The van der Waals surface area contributed by atoms with Crippen LogP contribution in [0.3, 0.4) is 0 Å². The van der Waals surface area contributed by atoms with Gasteiger partial charge in [-0.2, -0.15) is 0 Å². The number of nitrogens with one attached hydrogen (secondary N) is 3. The minimum atomic E-state index is -0.827. The van der Waals surface area contributed by atoms with Gasteiger partial charge in [0.05, 0.1) is 29.9 Å². The van der Waals surface area contributed by atoms with Gasteiger partial charge in [-0.3, -0.25) is 4.79 Å². The summed E-state index contributed by atoms with van der Waals surface area (Å²) in [6.45, 7) is 5.15. The van der Waals surface area contributed by atoms with Crippen LogP contribution >= 0.6 is 0 Å². The van der Waals surface area contributed by atoms with Crippen molar-refractivity contribution in [1.29, 1.82) is 0 Å². The first kappa shape index (κ1) is 22.7. The summed E-state index contributed by atoms with van der Waals surface area (Å²) in [5.74, 6) is -0.927. The van der Waals surface area contributed by atoms with Crippen LogP contribution in [0.15, 0.2) is 66.9 Å². The maximum absolute atomic E-state index is 13.5. The molecule has 0 fully saturated rings. The van der Waals surface area contributed by atoms with Crippen LogP contribution in [0.2, 0.25) is 0 Å². The van der Waals surface area contributed by atoms with Crippen molar-refractivity contribution < 1.29 is 14.3 Å². The fourth-order valence-electron chi connectivity index (χ4n) is 4.19. The lowest BCUT2D eigenvalue weighted by molar-refractivity contribution is -0.138. The van der Waals surface area contributed by atoms with E-state index < -0.39 is 11.9 Å². The zero-order valence-corrected chi connectivity index (χ0v) is 18.8. The second kappa shape index (κ2) is 10.0. The van der Waals surface area contributed by atoms with Gasteiger partial charge in [-0.05, 0) is 29.5 Å². The minimum absolute atomic E-state index is 0.00317. The SMILES string of the molecule is C[C@@H](CN[C@H](c1ccccc1)[C@H]1CNc2cc(F)cnc2N1)c1cccc([C@@H](C)C(=O)O)c1. The molecule has 0 bridgehead atoms. The van der Waals surface area contributed by atoms with Crippen LogP contribution in [-0.4, -0.2) is 35.2 Å². The number of aromatic nitrogens is 1. The Kier molecular flexibility index (Phi) is 6.89. The number of aliphatic carboxylic acids is 1. The van der Waals surface area contributed by atoms with Gasteiger partial charge in [-0.15, -0.1) is 0 Å². The van der Waals surface area contributed by atoms with E-state index in [2.05, 4.69) is 40.0 Å². The van der Waals surface area contributed by atoms with Gasteiger partial charge < -0.3 is 21.1 Å². The molecule has 3 aromatic rings. The average molecular weight is 449 g/mol. The van der Waals surface area contributed by atoms with Crippen molar-refractivity contribution in [3.8, 4) is 0 Å². The van der Waals surface area contributed by atoms with E-state index in [9.17, 15) is 14.3 Å². The summed E-state index contributed by atoms with van der Waals surface area (Å²) in [7, 11) is 0. The molecule has 2 aromatic carbocycles. The number of carboxylic acid groups (broad SMARTS) is 1. The number of nitrogens with zero attached hydrogens (tertiary/aromatic N) is 1. The second-order valence-corrected chi connectivity index (χ2v) is 8.61. The number of anilines is 2. The van der Waals surface area contributed by atoms with Crippen molar-refractivity contribution in [2.45, 2.75) is 37.8 Å². The molecule has 33 heavy (non-hydrogen) atoms. The summed E-state index contributed by atoms with van der Waals surface area (Å²) in [4.78, 5) is 15.6. The molecule has 0 unspecified atom stereocenters. The first-order valence-corrected chi connectivity index (χ1v) is 11.2. The Hall–Kier alpha value is -3.45. The van der Waals surface area contributed by atoms with Crippen LogP contribution in [-0.2, 0) is 4.79 Å². The Morgan fingerprint density at radius 1 is 1.12 bits per heavy atom. The first-order chi connectivity index (χ1) is 15.9. The predicted molar refractivity (Wildman–Crippen MR) is 128 cm³/mol. The lowest BCUT2D eigenvalue weighted by atomic mass is 9.93. The third kappa shape index (κ3) is 5.31. The Balaban J connectivity index is 1.51. The van der Waals surface area contributed by atoms with Crippen molar-refractivity contribution in [3.63, 3.8) is 0 Å². The molecule has 0 saturated heterocycles. The molecule has 0 saturated carbocycles. The topological polar surface area (TPSA) is 86.3 Å². The second-order valence-electron chi connectivity index (χ2n) is 8.61. The number of pyridine rings is 1. The average Bonchev–Trinajstić information content (AvgIpc) is 2.84. The zero-order valence-electron chi connectivity index (χ0n) is 18.8. The van der Waals surface area contributed by atoms with Crippen LogP contribution in [0.1, 0.15) is 48.4 Å². The molecule has 4 N–H and O–H groups in total. The normalized spacial score (nSPS) is 17.7. The van der Waals surface area contributed by atoms with Crippen molar-refractivity contribution in [1.82, 2.24) is 10.3 Å². The number of carbonyl (C=O) groups is 1. The predicted octanol–water partition coefficient (Wildman–Crippen LogP) is 4.75. The van der Waals surface area contributed by atoms with Gasteiger partial charge in [-0.1, -0.05) is 61.5 Å². The highest BCUT2D eigenvalue weighted by molar-refractivity contribution is 5.75. The van der Waals surface area contributed by atoms with Crippen molar-refractivity contribution >= 4 is 17.5 Å². The van der Waals surface area contributed by atoms with E-state index in [0.29, 0.717) is 24.6 Å². The molecule has 4 atom stereocenters. The number of benzene rings is 2. The van der Waals surface area contributed by atoms with Gasteiger partial charge in [-0.25, -0.2) is 9.37 Å². The van der Waals surface area contributed by atoms with Gasteiger partial charge in [0.15, 0.2) is 0 Å². The third-order valence-corrected chi connectivity index (χ3v) is 6.24. The number of hydrogen-bond acceptors (Lipinski definition) is 5. The van der Waals surface area contributed by atoms with E-state index in [1.807, 2.05) is 42.5 Å². The summed E-state index contributed by atoms with van der Waals surface area (Å²) in [6.07, 6.45) is 1.22. The monoisotopic (exact) mass is 448 g/mol. The van der Waals surface area contributed by atoms with E-state index >= 15 is 0 Å². The van der Waals surface area contributed by atoms with Gasteiger partial charge in [0.25, 0.3) is 0 Å². The fraction of sp³-hybridized carbons (Fsp3) is 0.308. The molecular weight excluding hydrogens is 419 g/mol. The van der Waals surface area contributed by atoms with Crippen molar-refractivity contribution in [2.24, 2.45) is 0 Å². The number of hydrogen-bond donors (Lipinski definition) is 4.